The summed E-state index contributed by atoms with van der Waals surface area (Å²) in [6.07, 6.45) is 0.889. The summed E-state index contributed by atoms with van der Waals surface area (Å²) in [5.41, 5.74) is 1.04. The molecule has 0 aromatic heterocycles. The van der Waals surface area contributed by atoms with E-state index in [0.717, 1.165) is 5.56 Å². The number of hydrogen-bond donors (Lipinski definition) is 0. The van der Waals surface area contributed by atoms with Gasteiger partial charge in [0, 0.05) is 45.2 Å². The van der Waals surface area contributed by atoms with E-state index in [1.807, 2.05) is 12.1 Å². The van der Waals surface area contributed by atoms with Crippen LogP contribution in [0.2, 0.25) is 0 Å². The van der Waals surface area contributed by atoms with E-state index in [4.69, 9.17) is 4.74 Å². The van der Waals surface area contributed by atoms with E-state index in [2.05, 4.69) is 20.8 Å². The Kier molecular flexibility index (Phi) is 7.50. The molecule has 2 aliphatic heterocycles. The summed E-state index contributed by atoms with van der Waals surface area (Å²) in [5, 5.41) is 0. The minimum absolute atomic E-state index is 0.0409. The lowest BCUT2D eigenvalue weighted by Gasteiger charge is -2.38. The van der Waals surface area contributed by atoms with Crippen molar-refractivity contribution in [3.05, 3.63) is 29.8 Å². The van der Waals surface area contributed by atoms with Crippen LogP contribution in [-0.4, -0.2) is 80.4 Å². The first-order chi connectivity index (χ1) is 15.0. The Morgan fingerprint density at radius 3 is 2.00 bits per heavy atom. The summed E-state index contributed by atoms with van der Waals surface area (Å²) in [7, 11) is -3.58. The topological polar surface area (TPSA) is 87.2 Å². The van der Waals surface area contributed by atoms with Crippen LogP contribution < -0.4 is 0 Å². The third kappa shape index (κ3) is 5.43. The van der Waals surface area contributed by atoms with E-state index in [-0.39, 0.29) is 41.3 Å². The highest BCUT2D eigenvalue weighted by atomic mass is 32.2. The molecular formula is C23H35N3O5S. The molecule has 1 aromatic carbocycles. The van der Waals surface area contributed by atoms with Gasteiger partial charge in [0.15, 0.2) is 0 Å². The van der Waals surface area contributed by atoms with Crippen LogP contribution in [-0.2, 0) is 25.0 Å². The smallest absolute Gasteiger partial charge is 0.409 e. The average Bonchev–Trinajstić information content (AvgIpc) is 2.78. The number of rotatable bonds is 4. The summed E-state index contributed by atoms with van der Waals surface area (Å²) in [4.78, 5) is 28.5. The maximum absolute atomic E-state index is 13.1. The van der Waals surface area contributed by atoms with Gasteiger partial charge in [-0.05, 0) is 42.9 Å². The van der Waals surface area contributed by atoms with E-state index in [1.165, 1.54) is 4.31 Å². The highest BCUT2D eigenvalue weighted by Crippen LogP contribution is 2.26. The standard InChI is InChI=1S/C23H35N3O5S/c1-5-31-22(28)25-12-10-18(11-13-25)21(27)24-14-16-26(17-15-24)32(29,30)20-8-6-19(7-9-20)23(2,3)4/h6-9,18H,5,10-17H2,1-4H3. The molecule has 2 saturated heterocycles. The molecule has 1 aromatic rings. The molecule has 2 aliphatic rings. The Balaban J connectivity index is 1.54. The van der Waals surface area contributed by atoms with Crippen molar-refractivity contribution in [2.45, 2.75) is 50.8 Å². The fourth-order valence-corrected chi connectivity index (χ4v) is 5.63. The number of hydrogen-bond acceptors (Lipinski definition) is 5. The molecule has 178 valence electrons. The molecule has 0 saturated carbocycles. The Bertz CT molecular complexity index is 908. The number of piperazine rings is 1. The second kappa shape index (κ2) is 9.79. The van der Waals surface area contributed by atoms with E-state index < -0.39 is 10.0 Å². The van der Waals surface area contributed by atoms with Gasteiger partial charge in [0.1, 0.15) is 0 Å². The predicted molar refractivity (Wildman–Crippen MR) is 122 cm³/mol. The number of likely N-dealkylation sites (tertiary alicyclic amines) is 1. The third-order valence-corrected chi connectivity index (χ3v) is 8.19. The Labute approximate surface area is 191 Å². The van der Waals surface area contributed by atoms with Crippen molar-refractivity contribution in [1.82, 2.24) is 14.1 Å². The van der Waals surface area contributed by atoms with E-state index in [0.29, 0.717) is 45.6 Å². The zero-order valence-corrected chi connectivity index (χ0v) is 20.4. The average molecular weight is 466 g/mol. The van der Waals surface area contributed by atoms with E-state index in [9.17, 15) is 18.0 Å². The molecule has 0 bridgehead atoms. The first kappa shape index (κ1) is 24.5. The van der Waals surface area contributed by atoms with Gasteiger partial charge in [-0.3, -0.25) is 4.79 Å². The molecule has 9 heteroatoms. The summed E-state index contributed by atoms with van der Waals surface area (Å²) in [5.74, 6) is -0.0751. The number of nitrogens with zero attached hydrogens (tertiary/aromatic N) is 3. The number of sulfonamides is 1. The second-order valence-corrected chi connectivity index (χ2v) is 11.4. The highest BCUT2D eigenvalue weighted by molar-refractivity contribution is 7.89. The number of benzene rings is 1. The van der Waals surface area contributed by atoms with Crippen LogP contribution in [0.1, 0.15) is 46.1 Å². The monoisotopic (exact) mass is 465 g/mol. The Morgan fingerprint density at radius 2 is 1.50 bits per heavy atom. The Morgan fingerprint density at radius 1 is 0.938 bits per heavy atom. The van der Waals surface area contributed by atoms with Gasteiger partial charge in [0.2, 0.25) is 15.9 Å². The minimum atomic E-state index is -3.58. The largest absolute Gasteiger partial charge is 0.450 e. The molecule has 2 amide bonds. The Hall–Kier alpha value is -2.13. The molecule has 2 fully saturated rings. The minimum Gasteiger partial charge on any atom is -0.450 e. The quantitative estimate of drug-likeness (QED) is 0.682. The molecule has 2 heterocycles. The summed E-state index contributed by atoms with van der Waals surface area (Å²) < 4.78 is 32.6. The third-order valence-electron chi connectivity index (χ3n) is 6.28. The number of carbonyl (C=O) groups is 2. The first-order valence-electron chi connectivity index (χ1n) is 11.3. The van der Waals surface area contributed by atoms with Crippen molar-refractivity contribution in [1.29, 1.82) is 0 Å². The zero-order valence-electron chi connectivity index (χ0n) is 19.5. The maximum Gasteiger partial charge on any atom is 0.409 e. The van der Waals surface area contributed by atoms with Crippen molar-refractivity contribution < 1.29 is 22.7 Å². The van der Waals surface area contributed by atoms with Gasteiger partial charge >= 0.3 is 6.09 Å². The number of ether oxygens (including phenoxy) is 1. The molecule has 3 rings (SSSR count). The summed E-state index contributed by atoms with van der Waals surface area (Å²) >= 11 is 0. The van der Waals surface area contributed by atoms with Gasteiger partial charge in [-0.2, -0.15) is 4.31 Å². The molecule has 0 aliphatic carbocycles. The van der Waals surface area contributed by atoms with Crippen LogP contribution in [0.15, 0.2) is 29.2 Å². The molecule has 0 atom stereocenters. The lowest BCUT2D eigenvalue weighted by atomic mass is 9.87. The lowest BCUT2D eigenvalue weighted by Crippen LogP contribution is -2.53. The van der Waals surface area contributed by atoms with E-state index >= 15 is 0 Å². The molecule has 0 unspecified atom stereocenters. The van der Waals surface area contributed by atoms with Gasteiger partial charge in [-0.25, -0.2) is 13.2 Å². The van der Waals surface area contributed by atoms with Crippen molar-refractivity contribution >= 4 is 22.0 Å². The fraction of sp³-hybridized carbons (Fsp3) is 0.652. The first-order valence-corrected chi connectivity index (χ1v) is 12.8. The second-order valence-electron chi connectivity index (χ2n) is 9.46. The number of piperidine rings is 1. The van der Waals surface area contributed by atoms with Crippen molar-refractivity contribution in [3.63, 3.8) is 0 Å². The molecule has 0 N–H and O–H groups in total. The van der Waals surface area contributed by atoms with Gasteiger partial charge in [0.05, 0.1) is 11.5 Å². The van der Waals surface area contributed by atoms with Gasteiger partial charge in [-0.1, -0.05) is 32.9 Å². The summed E-state index contributed by atoms with van der Waals surface area (Å²) in [6.45, 7) is 10.7. The highest BCUT2D eigenvalue weighted by Gasteiger charge is 2.34. The molecule has 8 nitrogen and oxygen atoms in total. The molecular weight excluding hydrogens is 430 g/mol. The van der Waals surface area contributed by atoms with Gasteiger partial charge < -0.3 is 14.5 Å². The normalized spacial score (nSPS) is 19.1. The van der Waals surface area contributed by atoms with Crippen LogP contribution in [0.4, 0.5) is 4.79 Å². The SMILES string of the molecule is CCOC(=O)N1CCC(C(=O)N2CCN(S(=O)(=O)c3ccc(C(C)(C)C)cc3)CC2)CC1. The van der Waals surface area contributed by atoms with Gasteiger partial charge in [-0.15, -0.1) is 0 Å². The van der Waals surface area contributed by atoms with Crippen LogP contribution in [0, 0.1) is 5.92 Å². The maximum atomic E-state index is 13.1. The van der Waals surface area contributed by atoms with Crippen LogP contribution in [0.5, 0.6) is 0 Å². The molecule has 32 heavy (non-hydrogen) atoms. The van der Waals surface area contributed by atoms with Crippen molar-refractivity contribution in [3.8, 4) is 0 Å². The fourth-order valence-electron chi connectivity index (χ4n) is 4.21. The molecule has 0 spiro atoms. The predicted octanol–water partition coefficient (Wildman–Crippen LogP) is 2.69. The lowest BCUT2D eigenvalue weighted by molar-refractivity contribution is -0.138. The van der Waals surface area contributed by atoms with Crippen molar-refractivity contribution in [2.75, 3.05) is 45.9 Å². The number of carbonyl (C=O) groups excluding carboxylic acids is 2. The van der Waals surface area contributed by atoms with Crippen LogP contribution >= 0.6 is 0 Å². The molecule has 0 radical (unpaired) electrons. The van der Waals surface area contributed by atoms with Crippen LogP contribution in [0.25, 0.3) is 0 Å². The number of amides is 2. The van der Waals surface area contributed by atoms with Gasteiger partial charge in [0.25, 0.3) is 0 Å². The van der Waals surface area contributed by atoms with Crippen molar-refractivity contribution in [2.24, 2.45) is 5.92 Å². The van der Waals surface area contributed by atoms with E-state index in [1.54, 1.807) is 28.9 Å². The van der Waals surface area contributed by atoms with Crippen LogP contribution in [0.3, 0.4) is 0 Å². The zero-order chi connectivity index (χ0) is 23.5. The summed E-state index contributed by atoms with van der Waals surface area (Å²) in [6, 6.07) is 7.08.